The summed E-state index contributed by atoms with van der Waals surface area (Å²) >= 11 is 0. The molecule has 1 amide bonds. The van der Waals surface area contributed by atoms with E-state index in [0.717, 1.165) is 78.0 Å². The molecule has 6 rings (SSSR count). The molecule has 2 aliphatic heterocycles. The number of nitrogens with one attached hydrogen (secondary N) is 1. The first-order valence-corrected chi connectivity index (χ1v) is 12.7. The van der Waals surface area contributed by atoms with Crippen molar-refractivity contribution in [2.45, 2.75) is 53.0 Å². The number of H-pyrrole nitrogens is 1. The molecule has 2 fully saturated rings. The Morgan fingerprint density at radius 2 is 2.06 bits per heavy atom. The number of likely N-dealkylation sites (tertiary alicyclic amines) is 1. The van der Waals surface area contributed by atoms with Gasteiger partial charge in [-0.3, -0.25) is 9.89 Å². The van der Waals surface area contributed by atoms with Gasteiger partial charge in [-0.25, -0.2) is 4.98 Å². The van der Waals surface area contributed by atoms with Gasteiger partial charge in [-0.2, -0.15) is 10.4 Å². The third kappa shape index (κ3) is 3.13. The lowest BCUT2D eigenvalue weighted by molar-refractivity contribution is -0.138. The van der Waals surface area contributed by atoms with Crippen LogP contribution in [0.3, 0.4) is 0 Å². The molecule has 3 aromatic rings. The second kappa shape index (κ2) is 7.67. The highest BCUT2D eigenvalue weighted by molar-refractivity contribution is 5.99. The lowest BCUT2D eigenvalue weighted by atomic mass is 9.74. The number of carbonyl (C=O) groups is 1. The summed E-state index contributed by atoms with van der Waals surface area (Å²) in [7, 11) is 0. The number of fused-ring (bicyclic) bond motifs is 2. The molecular weight excluding hydrogens is 448 g/mol. The van der Waals surface area contributed by atoms with Crippen molar-refractivity contribution in [2.75, 3.05) is 24.5 Å². The molecule has 1 N–H and O–H groups in total. The van der Waals surface area contributed by atoms with E-state index in [1.165, 1.54) is 11.6 Å². The first-order valence-electron chi connectivity index (χ1n) is 12.7. The highest BCUT2D eigenvalue weighted by Gasteiger charge is 2.54. The summed E-state index contributed by atoms with van der Waals surface area (Å²) in [5.74, 6) is 0.787. The summed E-state index contributed by atoms with van der Waals surface area (Å²) in [5.41, 5.74) is 7.30. The van der Waals surface area contributed by atoms with Crippen molar-refractivity contribution in [1.82, 2.24) is 20.1 Å². The summed E-state index contributed by atoms with van der Waals surface area (Å²) in [4.78, 5) is 21.5. The Bertz CT molecular complexity index is 1470. The number of aromatic amines is 1. The van der Waals surface area contributed by atoms with Crippen LogP contribution in [0.15, 0.2) is 31.0 Å². The molecule has 1 aliphatic carbocycles. The van der Waals surface area contributed by atoms with Gasteiger partial charge in [0.05, 0.1) is 11.7 Å². The lowest BCUT2D eigenvalue weighted by Gasteiger charge is -2.51. The Labute approximate surface area is 211 Å². The highest BCUT2D eigenvalue weighted by Crippen LogP contribution is 2.50. The lowest BCUT2D eigenvalue weighted by Crippen LogP contribution is -2.62. The van der Waals surface area contributed by atoms with E-state index in [-0.39, 0.29) is 22.8 Å². The maximum absolute atomic E-state index is 12.1. The Morgan fingerprint density at radius 3 is 2.78 bits per heavy atom. The topological polar surface area (TPSA) is 88.9 Å². The van der Waals surface area contributed by atoms with E-state index in [4.69, 9.17) is 4.98 Å². The number of amides is 1. The standard InChI is InChI=1S/C29H32N6O/c1-6-24(36)34-15-29(16-34)9-10-35(18(29)3)27-20(13-30)26(19-11-28(4,5)12-23(19)32-27)25-17(2)7-8-22-21(25)14-31-33-22/h6-8,14,18H,1,9-12,15-16H2,2-5H3,(H,31,33)/t18-/m0/s1. The van der Waals surface area contributed by atoms with Crippen LogP contribution in [-0.4, -0.2) is 51.7 Å². The van der Waals surface area contributed by atoms with E-state index >= 15 is 0 Å². The monoisotopic (exact) mass is 480 g/mol. The predicted octanol–water partition coefficient (Wildman–Crippen LogP) is 4.54. The maximum atomic E-state index is 12.1. The van der Waals surface area contributed by atoms with Crippen LogP contribution < -0.4 is 4.90 Å². The third-order valence-corrected chi connectivity index (χ3v) is 8.83. The summed E-state index contributed by atoms with van der Waals surface area (Å²) in [6, 6.07) is 6.93. The van der Waals surface area contributed by atoms with Crippen molar-refractivity contribution < 1.29 is 4.79 Å². The minimum Gasteiger partial charge on any atom is -0.352 e. The number of benzene rings is 1. The minimum absolute atomic E-state index is 0.00663. The number of hydrogen-bond donors (Lipinski definition) is 1. The fourth-order valence-electron chi connectivity index (χ4n) is 6.82. The molecule has 0 bridgehead atoms. The molecule has 4 heterocycles. The van der Waals surface area contributed by atoms with E-state index in [9.17, 15) is 10.1 Å². The second-order valence-electron chi connectivity index (χ2n) is 11.7. The zero-order valence-electron chi connectivity index (χ0n) is 21.5. The zero-order chi connectivity index (χ0) is 25.4. The second-order valence-corrected chi connectivity index (χ2v) is 11.7. The number of anilines is 1. The average molecular weight is 481 g/mol. The van der Waals surface area contributed by atoms with E-state index in [1.807, 2.05) is 11.1 Å². The SMILES string of the molecule is C=CC(=O)N1CC2(CCN(c3nc4c(c(-c5c(C)ccc6[nH]ncc56)c3C#N)CC(C)(C)C4)[C@H]2C)C1. The molecule has 0 radical (unpaired) electrons. The van der Waals surface area contributed by atoms with Gasteiger partial charge in [0.25, 0.3) is 0 Å². The van der Waals surface area contributed by atoms with Gasteiger partial charge >= 0.3 is 0 Å². The van der Waals surface area contributed by atoms with Crippen molar-refractivity contribution in [3.63, 3.8) is 0 Å². The van der Waals surface area contributed by atoms with E-state index in [1.54, 1.807) is 0 Å². The number of aryl methyl sites for hydroxylation is 1. The molecule has 0 unspecified atom stereocenters. The molecule has 1 aromatic carbocycles. The first kappa shape index (κ1) is 22.8. The van der Waals surface area contributed by atoms with Gasteiger partial charge < -0.3 is 9.80 Å². The third-order valence-electron chi connectivity index (χ3n) is 8.83. The number of hydrogen-bond acceptors (Lipinski definition) is 5. The number of nitrogens with zero attached hydrogens (tertiary/aromatic N) is 5. The number of aromatic nitrogens is 3. The Hall–Kier alpha value is -3.66. The van der Waals surface area contributed by atoms with Crippen molar-refractivity contribution >= 4 is 22.6 Å². The van der Waals surface area contributed by atoms with Gasteiger partial charge in [-0.05, 0) is 67.4 Å². The molecule has 3 aliphatic rings. The number of pyridine rings is 1. The molecule has 2 aromatic heterocycles. The molecule has 1 atom stereocenters. The van der Waals surface area contributed by atoms with Gasteiger partial charge in [-0.15, -0.1) is 0 Å². The molecule has 7 heteroatoms. The zero-order valence-corrected chi connectivity index (χ0v) is 21.5. The van der Waals surface area contributed by atoms with Gasteiger partial charge in [0.2, 0.25) is 5.91 Å². The van der Waals surface area contributed by atoms with Crippen molar-refractivity contribution in [3.05, 3.63) is 53.4 Å². The Morgan fingerprint density at radius 1 is 1.28 bits per heavy atom. The molecule has 0 saturated carbocycles. The van der Waals surface area contributed by atoms with Crippen LogP contribution in [0.25, 0.3) is 22.0 Å². The van der Waals surface area contributed by atoms with Crippen LogP contribution in [0.5, 0.6) is 0 Å². The van der Waals surface area contributed by atoms with Crippen molar-refractivity contribution in [1.29, 1.82) is 5.26 Å². The van der Waals surface area contributed by atoms with Gasteiger partial charge in [-0.1, -0.05) is 26.5 Å². The molecule has 7 nitrogen and oxygen atoms in total. The molecule has 36 heavy (non-hydrogen) atoms. The summed E-state index contributed by atoms with van der Waals surface area (Å²) in [5, 5.41) is 19.1. The average Bonchev–Trinajstić information content (AvgIpc) is 3.50. The summed E-state index contributed by atoms with van der Waals surface area (Å²) in [6.45, 7) is 14.8. The molecular formula is C29H32N6O. The van der Waals surface area contributed by atoms with Crippen LogP contribution in [-0.2, 0) is 17.6 Å². The van der Waals surface area contributed by atoms with Gasteiger partial charge in [0, 0.05) is 47.7 Å². The Kier molecular flexibility index (Phi) is 4.85. The van der Waals surface area contributed by atoms with Crippen LogP contribution in [0, 0.1) is 29.1 Å². The Balaban J connectivity index is 1.52. The fraction of sp³-hybridized carbons (Fsp3) is 0.448. The maximum Gasteiger partial charge on any atom is 0.245 e. The van der Waals surface area contributed by atoms with E-state index in [2.05, 4.69) is 67.6 Å². The summed E-state index contributed by atoms with van der Waals surface area (Å²) < 4.78 is 0. The smallest absolute Gasteiger partial charge is 0.245 e. The molecule has 184 valence electrons. The highest BCUT2D eigenvalue weighted by atomic mass is 16.2. The van der Waals surface area contributed by atoms with Crippen LogP contribution in [0.2, 0.25) is 0 Å². The van der Waals surface area contributed by atoms with Gasteiger partial charge in [0.1, 0.15) is 17.5 Å². The van der Waals surface area contributed by atoms with E-state index < -0.39 is 0 Å². The normalized spacial score (nSPS) is 21.5. The summed E-state index contributed by atoms with van der Waals surface area (Å²) in [6.07, 6.45) is 6.04. The quantitative estimate of drug-likeness (QED) is 0.556. The predicted molar refractivity (Wildman–Crippen MR) is 141 cm³/mol. The van der Waals surface area contributed by atoms with Crippen molar-refractivity contribution in [3.8, 4) is 17.2 Å². The molecule has 1 spiro atoms. The molecule has 2 saturated heterocycles. The largest absolute Gasteiger partial charge is 0.352 e. The fourth-order valence-corrected chi connectivity index (χ4v) is 6.82. The van der Waals surface area contributed by atoms with Crippen LogP contribution in [0.1, 0.15) is 49.6 Å². The number of nitriles is 1. The number of rotatable bonds is 3. The minimum atomic E-state index is -0.00663. The van der Waals surface area contributed by atoms with Crippen LogP contribution in [0.4, 0.5) is 5.82 Å². The number of carbonyl (C=O) groups excluding carboxylic acids is 1. The van der Waals surface area contributed by atoms with Crippen LogP contribution >= 0.6 is 0 Å². The van der Waals surface area contributed by atoms with E-state index in [0.29, 0.717) is 5.56 Å². The van der Waals surface area contributed by atoms with Gasteiger partial charge in [0.15, 0.2) is 0 Å². The first-order chi connectivity index (χ1) is 17.2. The van der Waals surface area contributed by atoms with Crippen molar-refractivity contribution in [2.24, 2.45) is 10.8 Å².